The summed E-state index contributed by atoms with van der Waals surface area (Å²) in [7, 11) is 0. The number of carbonyl (C=O) groups excluding carboxylic acids is 1. The van der Waals surface area contributed by atoms with E-state index < -0.39 is 5.41 Å². The lowest BCUT2D eigenvalue weighted by Crippen LogP contribution is -2.45. The molecular formula is C28H20ClNOS. The second-order valence-corrected chi connectivity index (χ2v) is 9.30. The summed E-state index contributed by atoms with van der Waals surface area (Å²) in [6.07, 6.45) is 0. The summed E-state index contributed by atoms with van der Waals surface area (Å²) in [5, 5.41) is 1.26. The number of hydrogen-bond acceptors (Lipinski definition) is 3. The minimum absolute atomic E-state index is 0.0167. The Morgan fingerprint density at radius 2 is 1.38 bits per heavy atom. The Bertz CT molecular complexity index is 1280. The van der Waals surface area contributed by atoms with Crippen molar-refractivity contribution in [2.75, 3.05) is 0 Å². The van der Waals surface area contributed by atoms with E-state index in [0.717, 1.165) is 21.1 Å². The van der Waals surface area contributed by atoms with Crippen LogP contribution in [0.4, 0.5) is 5.69 Å². The number of carbonyl (C=O) groups is 1. The fourth-order valence-electron chi connectivity index (χ4n) is 4.15. The Hall–Kier alpha value is -3.14. The van der Waals surface area contributed by atoms with E-state index in [1.54, 1.807) is 12.1 Å². The molecule has 2 nitrogen and oxygen atoms in total. The maximum Gasteiger partial charge on any atom is 0.186 e. The van der Waals surface area contributed by atoms with Gasteiger partial charge in [0.25, 0.3) is 0 Å². The van der Waals surface area contributed by atoms with Gasteiger partial charge in [-0.1, -0.05) is 102 Å². The van der Waals surface area contributed by atoms with Gasteiger partial charge in [0.2, 0.25) is 0 Å². The summed E-state index contributed by atoms with van der Waals surface area (Å²) in [6.45, 7) is 2.06. The molecule has 156 valence electrons. The first-order valence-electron chi connectivity index (χ1n) is 10.4. The average molecular weight is 454 g/mol. The van der Waals surface area contributed by atoms with Crippen LogP contribution in [-0.2, 0) is 5.41 Å². The molecule has 32 heavy (non-hydrogen) atoms. The van der Waals surface area contributed by atoms with Crippen molar-refractivity contribution in [2.45, 2.75) is 17.2 Å². The van der Waals surface area contributed by atoms with E-state index in [4.69, 9.17) is 16.6 Å². The molecule has 1 heterocycles. The first kappa shape index (κ1) is 20.7. The van der Waals surface area contributed by atoms with Crippen molar-refractivity contribution in [3.63, 3.8) is 0 Å². The number of rotatable bonds is 3. The maximum atomic E-state index is 14.4. The van der Waals surface area contributed by atoms with Gasteiger partial charge in [-0.25, -0.2) is 4.99 Å². The van der Waals surface area contributed by atoms with Gasteiger partial charge in [-0.05, 0) is 48.4 Å². The normalized spacial score (nSPS) is 14.6. The van der Waals surface area contributed by atoms with E-state index in [-0.39, 0.29) is 5.78 Å². The van der Waals surface area contributed by atoms with Crippen molar-refractivity contribution in [1.29, 1.82) is 0 Å². The largest absolute Gasteiger partial charge is 0.292 e. The van der Waals surface area contributed by atoms with Crippen LogP contribution in [0.5, 0.6) is 0 Å². The Balaban J connectivity index is 1.82. The smallest absolute Gasteiger partial charge is 0.186 e. The summed E-state index contributed by atoms with van der Waals surface area (Å²) in [5.41, 5.74) is 3.10. The molecule has 4 aromatic carbocycles. The van der Waals surface area contributed by atoms with Crippen LogP contribution in [-0.4, -0.2) is 10.8 Å². The van der Waals surface area contributed by atoms with Crippen LogP contribution in [0.3, 0.4) is 0 Å². The van der Waals surface area contributed by atoms with Crippen molar-refractivity contribution in [1.82, 2.24) is 0 Å². The van der Waals surface area contributed by atoms with E-state index in [2.05, 4.69) is 31.2 Å². The van der Waals surface area contributed by atoms with E-state index in [9.17, 15) is 4.79 Å². The van der Waals surface area contributed by atoms with Crippen LogP contribution in [0.1, 0.15) is 27.0 Å². The lowest BCUT2D eigenvalue weighted by atomic mass is 9.68. The van der Waals surface area contributed by atoms with Gasteiger partial charge in [-0.2, -0.15) is 0 Å². The maximum absolute atomic E-state index is 14.4. The molecule has 1 aliphatic heterocycles. The van der Waals surface area contributed by atoms with Crippen molar-refractivity contribution in [3.05, 3.63) is 130 Å². The highest BCUT2D eigenvalue weighted by Gasteiger charge is 2.50. The molecule has 0 N–H and O–H groups in total. The number of fused-ring (bicyclic) bond motifs is 1. The van der Waals surface area contributed by atoms with Crippen LogP contribution >= 0.6 is 23.4 Å². The van der Waals surface area contributed by atoms with Gasteiger partial charge < -0.3 is 0 Å². The van der Waals surface area contributed by atoms with Gasteiger partial charge >= 0.3 is 0 Å². The molecule has 0 radical (unpaired) electrons. The predicted molar refractivity (Wildman–Crippen MR) is 134 cm³/mol. The lowest BCUT2D eigenvalue weighted by molar-refractivity contribution is 0.0949. The number of aryl methyl sites for hydroxylation is 1. The summed E-state index contributed by atoms with van der Waals surface area (Å²) in [4.78, 5) is 20.5. The number of benzene rings is 4. The number of hydrogen-bond donors (Lipinski definition) is 0. The molecule has 1 aliphatic rings. The van der Waals surface area contributed by atoms with Gasteiger partial charge in [0.05, 0.1) is 5.69 Å². The molecule has 0 amide bonds. The zero-order valence-electron chi connectivity index (χ0n) is 17.5. The van der Waals surface area contributed by atoms with Crippen LogP contribution in [0, 0.1) is 6.92 Å². The molecule has 0 aromatic heterocycles. The summed E-state index contributed by atoms with van der Waals surface area (Å²) < 4.78 is 0. The number of thioether (sulfide) groups is 1. The molecule has 5 rings (SSSR count). The number of halogens is 1. The second-order valence-electron chi connectivity index (χ2n) is 7.80. The average Bonchev–Trinajstić information content (AvgIpc) is 2.83. The Morgan fingerprint density at radius 1 is 0.781 bits per heavy atom. The number of Topliss-reactive ketones (excluding diaryl/α,β-unsaturated/α-hetero) is 1. The van der Waals surface area contributed by atoms with Gasteiger partial charge in [-0.15, -0.1) is 0 Å². The lowest BCUT2D eigenvalue weighted by Gasteiger charge is -2.37. The highest BCUT2D eigenvalue weighted by molar-refractivity contribution is 8.14. The minimum Gasteiger partial charge on any atom is -0.292 e. The topological polar surface area (TPSA) is 29.4 Å². The predicted octanol–water partition coefficient (Wildman–Crippen LogP) is 7.65. The molecule has 4 heteroatoms. The first-order chi connectivity index (χ1) is 15.6. The Morgan fingerprint density at radius 3 is 1.97 bits per heavy atom. The van der Waals surface area contributed by atoms with E-state index in [1.165, 1.54) is 17.3 Å². The summed E-state index contributed by atoms with van der Waals surface area (Å²) in [6, 6.07) is 33.5. The molecular weight excluding hydrogens is 434 g/mol. The third-order valence-corrected chi connectivity index (χ3v) is 7.07. The van der Waals surface area contributed by atoms with E-state index in [0.29, 0.717) is 16.3 Å². The van der Waals surface area contributed by atoms with Crippen LogP contribution in [0.2, 0.25) is 5.02 Å². The standard InChI is InChI=1S/C28H20ClNOS/c1-19-12-15-23(16-13-19)32-27-28(20-8-4-2-5-9-20,21-10-6-3-7-11-21)26(31)24-18-22(29)14-17-25(24)30-27/h2-18H,1H3. The summed E-state index contributed by atoms with van der Waals surface area (Å²) in [5.74, 6) is -0.0167. The van der Waals surface area contributed by atoms with Crippen molar-refractivity contribution < 1.29 is 4.79 Å². The molecule has 0 aliphatic carbocycles. The zero-order valence-corrected chi connectivity index (χ0v) is 19.0. The highest BCUT2D eigenvalue weighted by atomic mass is 35.5. The minimum atomic E-state index is -1.06. The molecule has 4 aromatic rings. The van der Waals surface area contributed by atoms with E-state index in [1.807, 2.05) is 66.7 Å². The van der Waals surface area contributed by atoms with Crippen LogP contribution < -0.4 is 0 Å². The molecule has 0 atom stereocenters. The quantitative estimate of drug-likeness (QED) is 0.318. The Labute approximate surface area is 197 Å². The van der Waals surface area contributed by atoms with Gasteiger partial charge in [0, 0.05) is 15.5 Å². The fraction of sp³-hybridized carbons (Fsp3) is 0.0714. The number of aliphatic imine (C=N–C) groups is 1. The SMILES string of the molecule is Cc1ccc(SC2=Nc3ccc(Cl)cc3C(=O)C2(c2ccccc2)c2ccccc2)cc1. The first-order valence-corrected chi connectivity index (χ1v) is 11.6. The molecule has 0 unspecified atom stereocenters. The van der Waals surface area contributed by atoms with Crippen molar-refractivity contribution in [3.8, 4) is 0 Å². The van der Waals surface area contributed by atoms with Crippen molar-refractivity contribution >= 4 is 39.9 Å². The van der Waals surface area contributed by atoms with Gasteiger partial charge in [0.1, 0.15) is 10.5 Å². The third kappa shape index (κ3) is 3.48. The van der Waals surface area contributed by atoms with Crippen LogP contribution in [0.15, 0.2) is 113 Å². The van der Waals surface area contributed by atoms with Gasteiger partial charge in [-0.3, -0.25) is 4.79 Å². The number of ketones is 1. The third-order valence-electron chi connectivity index (χ3n) is 5.74. The fourth-order valence-corrected chi connectivity index (χ4v) is 5.44. The molecule has 0 bridgehead atoms. The van der Waals surface area contributed by atoms with E-state index >= 15 is 0 Å². The highest BCUT2D eigenvalue weighted by Crippen LogP contribution is 2.48. The molecule has 0 saturated heterocycles. The monoisotopic (exact) mass is 453 g/mol. The number of nitrogens with zero attached hydrogens (tertiary/aromatic N) is 1. The Kier molecular flexibility index (Phi) is 5.46. The van der Waals surface area contributed by atoms with Crippen molar-refractivity contribution in [2.24, 2.45) is 4.99 Å². The molecule has 0 spiro atoms. The van der Waals surface area contributed by atoms with Crippen LogP contribution in [0.25, 0.3) is 0 Å². The molecule has 0 saturated carbocycles. The second kappa shape index (κ2) is 8.42. The van der Waals surface area contributed by atoms with Gasteiger partial charge in [0.15, 0.2) is 5.78 Å². The summed E-state index contributed by atoms with van der Waals surface area (Å²) >= 11 is 7.84. The molecule has 0 fully saturated rings. The zero-order chi connectivity index (χ0) is 22.1.